The van der Waals surface area contributed by atoms with Gasteiger partial charge in [-0.25, -0.2) is 4.98 Å². The summed E-state index contributed by atoms with van der Waals surface area (Å²) in [5, 5.41) is 6.22. The first kappa shape index (κ1) is 20.2. The van der Waals surface area contributed by atoms with Crippen LogP contribution in [0, 0.1) is 13.8 Å². The second-order valence-corrected chi connectivity index (χ2v) is 6.70. The van der Waals surface area contributed by atoms with Crippen LogP contribution in [0.15, 0.2) is 54.7 Å². The molecule has 0 aliphatic heterocycles. The maximum absolute atomic E-state index is 12.4. The number of anilines is 2. The average molecular weight is 391 g/mol. The van der Waals surface area contributed by atoms with E-state index in [2.05, 4.69) is 15.6 Å². The molecule has 1 heterocycles. The van der Waals surface area contributed by atoms with Crippen molar-refractivity contribution in [3.05, 3.63) is 77.0 Å². The molecule has 29 heavy (non-hydrogen) atoms. The van der Waals surface area contributed by atoms with Crippen LogP contribution in [0.3, 0.4) is 0 Å². The summed E-state index contributed by atoms with van der Waals surface area (Å²) in [6, 6.07) is 15.2. The molecule has 0 aliphatic rings. The molecule has 0 unspecified atom stereocenters. The van der Waals surface area contributed by atoms with Gasteiger partial charge in [-0.1, -0.05) is 24.3 Å². The molecule has 3 aromatic rings. The van der Waals surface area contributed by atoms with Gasteiger partial charge in [0, 0.05) is 18.4 Å². The first-order valence-corrected chi connectivity index (χ1v) is 9.30. The molecule has 0 saturated heterocycles. The summed E-state index contributed by atoms with van der Waals surface area (Å²) in [5.41, 5.74) is 4.73. The summed E-state index contributed by atoms with van der Waals surface area (Å²) in [7, 11) is 3.17. The van der Waals surface area contributed by atoms with Gasteiger partial charge in [-0.15, -0.1) is 0 Å². The van der Waals surface area contributed by atoms with E-state index in [1.807, 2.05) is 50.2 Å². The lowest BCUT2D eigenvalue weighted by molar-refractivity contribution is 0.0950. The summed E-state index contributed by atoms with van der Waals surface area (Å²) in [4.78, 5) is 16.8. The Morgan fingerprint density at radius 3 is 2.31 bits per heavy atom. The Balaban J connectivity index is 1.63. The van der Waals surface area contributed by atoms with Crippen LogP contribution in [0.2, 0.25) is 0 Å². The Morgan fingerprint density at radius 2 is 1.69 bits per heavy atom. The molecule has 1 aromatic heterocycles. The third kappa shape index (κ3) is 4.85. The smallest absolute Gasteiger partial charge is 0.253 e. The van der Waals surface area contributed by atoms with Gasteiger partial charge in [0.05, 0.1) is 19.8 Å². The molecule has 6 heteroatoms. The van der Waals surface area contributed by atoms with Gasteiger partial charge in [0.1, 0.15) is 5.82 Å². The number of hydrogen-bond donors (Lipinski definition) is 2. The van der Waals surface area contributed by atoms with Gasteiger partial charge < -0.3 is 20.1 Å². The van der Waals surface area contributed by atoms with Gasteiger partial charge in [0.25, 0.3) is 5.91 Å². The van der Waals surface area contributed by atoms with E-state index in [0.717, 1.165) is 22.4 Å². The van der Waals surface area contributed by atoms with Gasteiger partial charge in [0.15, 0.2) is 11.5 Å². The van der Waals surface area contributed by atoms with Crippen LogP contribution in [-0.4, -0.2) is 25.1 Å². The Bertz CT molecular complexity index is 980. The monoisotopic (exact) mass is 391 g/mol. The maximum Gasteiger partial charge on any atom is 0.253 e. The molecule has 0 fully saturated rings. The number of hydrogen-bond acceptors (Lipinski definition) is 5. The molecule has 1 amide bonds. The molecular formula is C23H25N3O3. The van der Waals surface area contributed by atoms with Gasteiger partial charge in [0.2, 0.25) is 0 Å². The number of aryl methyl sites for hydroxylation is 2. The van der Waals surface area contributed by atoms with Crippen LogP contribution in [-0.2, 0) is 6.54 Å². The highest BCUT2D eigenvalue weighted by molar-refractivity contribution is 5.94. The minimum atomic E-state index is -0.189. The molecule has 6 nitrogen and oxygen atoms in total. The van der Waals surface area contributed by atoms with Crippen molar-refractivity contribution in [2.75, 3.05) is 19.5 Å². The summed E-state index contributed by atoms with van der Waals surface area (Å²) >= 11 is 0. The van der Waals surface area contributed by atoms with Crippen LogP contribution < -0.4 is 20.1 Å². The van der Waals surface area contributed by atoms with Gasteiger partial charge in [-0.05, 0) is 54.8 Å². The number of carbonyl (C=O) groups excluding carboxylic acids is 1. The Hall–Kier alpha value is -3.54. The van der Waals surface area contributed by atoms with Crippen molar-refractivity contribution < 1.29 is 14.3 Å². The van der Waals surface area contributed by atoms with Crippen molar-refractivity contribution in [1.82, 2.24) is 10.3 Å². The second-order valence-electron chi connectivity index (χ2n) is 6.70. The number of amides is 1. The number of pyridine rings is 1. The van der Waals surface area contributed by atoms with Crippen molar-refractivity contribution in [3.63, 3.8) is 0 Å². The predicted molar refractivity (Wildman–Crippen MR) is 114 cm³/mol. The van der Waals surface area contributed by atoms with E-state index >= 15 is 0 Å². The number of nitrogens with one attached hydrogen (secondary N) is 2. The molecule has 0 saturated carbocycles. The summed E-state index contributed by atoms with van der Waals surface area (Å²) in [5.74, 6) is 1.78. The van der Waals surface area contributed by atoms with Crippen LogP contribution >= 0.6 is 0 Å². The summed E-state index contributed by atoms with van der Waals surface area (Å²) in [6.45, 7) is 4.47. The van der Waals surface area contributed by atoms with E-state index in [9.17, 15) is 4.79 Å². The average Bonchev–Trinajstić information content (AvgIpc) is 2.75. The van der Waals surface area contributed by atoms with Gasteiger partial charge in [-0.2, -0.15) is 0 Å². The molecule has 150 valence electrons. The number of methoxy groups -OCH3 is 2. The van der Waals surface area contributed by atoms with E-state index in [0.29, 0.717) is 29.4 Å². The number of benzene rings is 2. The molecule has 0 spiro atoms. The summed E-state index contributed by atoms with van der Waals surface area (Å²) in [6.07, 6.45) is 1.57. The minimum absolute atomic E-state index is 0.189. The molecule has 0 aliphatic carbocycles. The van der Waals surface area contributed by atoms with E-state index in [4.69, 9.17) is 9.47 Å². The normalized spacial score (nSPS) is 10.3. The van der Waals surface area contributed by atoms with Crippen LogP contribution in [0.5, 0.6) is 11.5 Å². The highest BCUT2D eigenvalue weighted by atomic mass is 16.5. The second kappa shape index (κ2) is 9.10. The van der Waals surface area contributed by atoms with Gasteiger partial charge >= 0.3 is 0 Å². The zero-order valence-electron chi connectivity index (χ0n) is 17.1. The number of nitrogens with zero attached hydrogens (tertiary/aromatic N) is 1. The van der Waals surface area contributed by atoms with Crippen molar-refractivity contribution in [2.45, 2.75) is 20.4 Å². The third-order valence-corrected chi connectivity index (χ3v) is 4.66. The number of aromatic nitrogens is 1. The van der Waals surface area contributed by atoms with E-state index in [-0.39, 0.29) is 5.91 Å². The maximum atomic E-state index is 12.4. The Morgan fingerprint density at radius 1 is 0.966 bits per heavy atom. The van der Waals surface area contributed by atoms with Crippen molar-refractivity contribution in [2.24, 2.45) is 0 Å². The lowest BCUT2D eigenvalue weighted by Gasteiger charge is -2.12. The van der Waals surface area contributed by atoms with E-state index < -0.39 is 0 Å². The number of para-hydroxylation sites is 1. The van der Waals surface area contributed by atoms with Crippen molar-refractivity contribution in [3.8, 4) is 11.5 Å². The highest BCUT2D eigenvalue weighted by Crippen LogP contribution is 2.27. The van der Waals surface area contributed by atoms with Crippen molar-refractivity contribution >= 4 is 17.4 Å². The molecule has 0 atom stereocenters. The SMILES string of the molecule is COc1ccc(CNC(=O)c2ccc(Nc3c(C)cccc3C)nc2)cc1OC. The lowest BCUT2D eigenvalue weighted by Crippen LogP contribution is -2.23. The number of rotatable bonds is 7. The fraction of sp³-hybridized carbons (Fsp3) is 0.217. The largest absolute Gasteiger partial charge is 0.493 e. The minimum Gasteiger partial charge on any atom is -0.493 e. The first-order valence-electron chi connectivity index (χ1n) is 9.30. The quantitative estimate of drug-likeness (QED) is 0.625. The van der Waals surface area contributed by atoms with Gasteiger partial charge in [-0.3, -0.25) is 4.79 Å². The standard InChI is InChI=1S/C23H25N3O3/c1-15-6-5-7-16(2)22(15)26-21-11-9-18(14-24-21)23(27)25-13-17-8-10-19(28-3)20(12-17)29-4/h5-12,14H,13H2,1-4H3,(H,24,26)(H,25,27). The fourth-order valence-corrected chi connectivity index (χ4v) is 3.02. The zero-order valence-corrected chi connectivity index (χ0v) is 17.1. The molecule has 0 radical (unpaired) electrons. The first-order chi connectivity index (χ1) is 14.0. The lowest BCUT2D eigenvalue weighted by atomic mass is 10.1. The van der Waals surface area contributed by atoms with Crippen molar-refractivity contribution in [1.29, 1.82) is 0 Å². The fourth-order valence-electron chi connectivity index (χ4n) is 3.02. The highest BCUT2D eigenvalue weighted by Gasteiger charge is 2.09. The molecule has 2 N–H and O–H groups in total. The number of ether oxygens (including phenoxy) is 2. The topological polar surface area (TPSA) is 72.5 Å². The predicted octanol–water partition coefficient (Wildman–Crippen LogP) is 4.39. The Kier molecular flexibility index (Phi) is 6.34. The van der Waals surface area contributed by atoms with E-state index in [1.54, 1.807) is 32.5 Å². The Labute approximate surface area is 170 Å². The molecule has 3 rings (SSSR count). The van der Waals surface area contributed by atoms with Crippen LogP contribution in [0.4, 0.5) is 11.5 Å². The zero-order chi connectivity index (χ0) is 20.8. The van der Waals surface area contributed by atoms with E-state index in [1.165, 1.54) is 0 Å². The molecule has 2 aromatic carbocycles. The molecular weight excluding hydrogens is 366 g/mol. The third-order valence-electron chi connectivity index (χ3n) is 4.66. The number of carbonyl (C=O) groups is 1. The molecule has 0 bridgehead atoms. The van der Waals surface area contributed by atoms with Crippen LogP contribution in [0.1, 0.15) is 27.0 Å². The van der Waals surface area contributed by atoms with Crippen LogP contribution in [0.25, 0.3) is 0 Å². The summed E-state index contributed by atoms with van der Waals surface area (Å²) < 4.78 is 10.5.